The van der Waals surface area contributed by atoms with Gasteiger partial charge in [0.25, 0.3) is 0 Å². The number of sulfonamides is 1. The molecule has 0 aliphatic carbocycles. The quantitative estimate of drug-likeness (QED) is 0.631. The second-order valence-electron chi connectivity index (χ2n) is 3.96. The van der Waals surface area contributed by atoms with Gasteiger partial charge in [-0.2, -0.15) is 4.72 Å². The van der Waals surface area contributed by atoms with Crippen molar-refractivity contribution in [1.29, 1.82) is 0 Å². The Balaban J connectivity index is 2.73. The van der Waals surface area contributed by atoms with Crippen molar-refractivity contribution in [3.63, 3.8) is 0 Å². The van der Waals surface area contributed by atoms with Crippen LogP contribution in [0.5, 0.6) is 0 Å². The van der Waals surface area contributed by atoms with E-state index in [1.165, 1.54) is 12.1 Å². The molecule has 0 saturated heterocycles. The van der Waals surface area contributed by atoms with Crippen molar-refractivity contribution in [3.05, 3.63) is 26.7 Å². The van der Waals surface area contributed by atoms with Crippen molar-refractivity contribution in [2.75, 3.05) is 13.2 Å². The van der Waals surface area contributed by atoms with Gasteiger partial charge in [-0.05, 0) is 12.1 Å². The molecule has 7 nitrogen and oxygen atoms in total. The van der Waals surface area contributed by atoms with Crippen LogP contribution >= 0.6 is 39.1 Å². The first-order valence-electron chi connectivity index (χ1n) is 5.71. The second kappa shape index (κ2) is 8.11. The Kier molecular flexibility index (Phi) is 7.07. The number of nitrogens with two attached hydrogens (primary N) is 1. The van der Waals surface area contributed by atoms with Crippen LogP contribution in [0.4, 0.5) is 0 Å². The van der Waals surface area contributed by atoms with Crippen molar-refractivity contribution in [3.8, 4) is 0 Å². The zero-order valence-corrected chi connectivity index (χ0v) is 14.9. The lowest BCUT2D eigenvalue weighted by atomic mass is 10.4. The third kappa shape index (κ3) is 5.73. The third-order valence-electron chi connectivity index (χ3n) is 2.25. The first-order valence-corrected chi connectivity index (χ1v) is 8.75. The normalized spacial score (nSPS) is 11.2. The predicted molar refractivity (Wildman–Crippen MR) is 84.1 cm³/mol. The summed E-state index contributed by atoms with van der Waals surface area (Å²) in [5.41, 5.74) is 4.87. The molecule has 11 heteroatoms. The highest BCUT2D eigenvalue weighted by Gasteiger charge is 2.23. The molecule has 0 radical (unpaired) electrons. The summed E-state index contributed by atoms with van der Waals surface area (Å²) in [5.74, 6) is -1.50. The van der Waals surface area contributed by atoms with Gasteiger partial charge in [-0.25, -0.2) is 8.42 Å². The van der Waals surface area contributed by atoms with E-state index in [4.69, 9.17) is 28.9 Å². The summed E-state index contributed by atoms with van der Waals surface area (Å²) in [6, 6.07) is 2.71. The molecule has 1 amide bonds. The maximum atomic E-state index is 12.1. The van der Waals surface area contributed by atoms with E-state index in [0.717, 1.165) is 0 Å². The van der Waals surface area contributed by atoms with Crippen LogP contribution in [-0.4, -0.2) is 33.4 Å². The van der Waals surface area contributed by atoms with Gasteiger partial charge in [0.1, 0.15) is 18.0 Å². The summed E-state index contributed by atoms with van der Waals surface area (Å²) < 4.78 is 31.3. The van der Waals surface area contributed by atoms with Crippen molar-refractivity contribution in [2.45, 2.75) is 11.3 Å². The number of rotatable bonds is 7. The zero-order valence-electron chi connectivity index (χ0n) is 10.9. The van der Waals surface area contributed by atoms with Gasteiger partial charge in [0.15, 0.2) is 0 Å². The molecule has 0 saturated carbocycles. The Bertz CT molecular complexity index is 673. The fraction of sp³-hybridized carbons (Fsp3) is 0.273. The molecule has 1 aromatic rings. The van der Waals surface area contributed by atoms with E-state index in [1.807, 2.05) is 4.72 Å². The number of esters is 1. The second-order valence-corrected chi connectivity index (χ2v) is 7.39. The number of amides is 1. The number of nitrogens with one attached hydrogen (secondary N) is 1. The summed E-state index contributed by atoms with van der Waals surface area (Å²) in [6.45, 7) is -0.862. The smallest absolute Gasteiger partial charge is 0.321 e. The third-order valence-corrected chi connectivity index (χ3v) is 5.03. The van der Waals surface area contributed by atoms with Gasteiger partial charge in [0.2, 0.25) is 15.9 Å². The lowest BCUT2D eigenvalue weighted by molar-refractivity contribution is -0.142. The molecule has 0 aromatic heterocycles. The number of hydrogen-bond donors (Lipinski definition) is 2. The van der Waals surface area contributed by atoms with E-state index in [1.54, 1.807) is 0 Å². The summed E-state index contributed by atoms with van der Waals surface area (Å²) in [7, 11) is -4.10. The number of primary amides is 1. The van der Waals surface area contributed by atoms with Gasteiger partial charge >= 0.3 is 5.97 Å². The number of benzene rings is 1. The molecule has 0 heterocycles. The van der Waals surface area contributed by atoms with E-state index in [-0.39, 0.29) is 28.0 Å². The van der Waals surface area contributed by atoms with Crippen molar-refractivity contribution < 1.29 is 22.7 Å². The Morgan fingerprint density at radius 2 is 1.82 bits per heavy atom. The fourth-order valence-electron chi connectivity index (χ4n) is 1.33. The molecule has 0 unspecified atom stereocenters. The highest BCUT2D eigenvalue weighted by molar-refractivity contribution is 9.10. The number of halogens is 3. The largest absolute Gasteiger partial charge is 0.464 e. The van der Waals surface area contributed by atoms with Crippen LogP contribution in [0.15, 0.2) is 21.5 Å². The predicted octanol–water partition coefficient (Wildman–Crippen LogP) is 1.45. The van der Waals surface area contributed by atoms with E-state index in [2.05, 4.69) is 20.7 Å². The van der Waals surface area contributed by atoms with Gasteiger partial charge in [-0.3, -0.25) is 9.59 Å². The van der Waals surface area contributed by atoms with Crippen LogP contribution in [0.2, 0.25) is 10.0 Å². The molecule has 0 spiro atoms. The molecular formula is C11H11BrCl2N2O5S. The molecule has 0 aliphatic rings. The summed E-state index contributed by atoms with van der Waals surface area (Å²) >= 11 is 14.8. The summed E-state index contributed by atoms with van der Waals surface area (Å²) in [6.07, 6.45) is -0.150. The van der Waals surface area contributed by atoms with Crippen LogP contribution in [0.3, 0.4) is 0 Å². The van der Waals surface area contributed by atoms with Crippen LogP contribution in [0.1, 0.15) is 6.42 Å². The first kappa shape index (κ1) is 19.2. The average Bonchev–Trinajstić information content (AvgIpc) is 2.34. The van der Waals surface area contributed by atoms with Crippen molar-refractivity contribution in [1.82, 2.24) is 4.72 Å². The summed E-state index contributed by atoms with van der Waals surface area (Å²) in [4.78, 5) is 21.5. The SMILES string of the molecule is NC(=O)CCOC(=O)CNS(=O)(=O)c1c(Cl)cc(Br)cc1Cl. The summed E-state index contributed by atoms with van der Waals surface area (Å²) in [5, 5.41) is -0.206. The Labute approximate surface area is 145 Å². The first-order chi connectivity index (χ1) is 10.1. The molecule has 0 atom stereocenters. The number of carbonyl (C=O) groups is 2. The van der Waals surface area contributed by atoms with Crippen LogP contribution in [0.25, 0.3) is 0 Å². The highest BCUT2D eigenvalue weighted by Crippen LogP contribution is 2.32. The Morgan fingerprint density at radius 3 is 2.32 bits per heavy atom. The number of carbonyl (C=O) groups excluding carboxylic acids is 2. The minimum Gasteiger partial charge on any atom is -0.464 e. The van der Waals surface area contributed by atoms with Gasteiger partial charge < -0.3 is 10.5 Å². The maximum absolute atomic E-state index is 12.1. The molecule has 122 valence electrons. The molecule has 3 N–H and O–H groups in total. The highest BCUT2D eigenvalue weighted by atomic mass is 79.9. The van der Waals surface area contributed by atoms with Crippen LogP contribution in [-0.2, 0) is 24.3 Å². The van der Waals surface area contributed by atoms with Crippen LogP contribution < -0.4 is 10.5 Å². The minimum absolute atomic E-state index is 0.103. The fourth-order valence-corrected chi connectivity index (χ4v) is 4.23. The van der Waals surface area contributed by atoms with Crippen LogP contribution in [0, 0.1) is 0 Å². The number of ether oxygens (including phenoxy) is 1. The van der Waals surface area contributed by atoms with E-state index < -0.39 is 28.4 Å². The molecule has 0 aliphatic heterocycles. The molecule has 1 rings (SSSR count). The van der Waals surface area contributed by atoms with Crippen molar-refractivity contribution in [2.24, 2.45) is 5.73 Å². The molecule has 22 heavy (non-hydrogen) atoms. The van der Waals surface area contributed by atoms with E-state index in [0.29, 0.717) is 4.47 Å². The van der Waals surface area contributed by atoms with Gasteiger partial charge in [-0.1, -0.05) is 39.1 Å². The average molecular weight is 434 g/mol. The maximum Gasteiger partial charge on any atom is 0.321 e. The van der Waals surface area contributed by atoms with Gasteiger partial charge in [0, 0.05) is 4.47 Å². The molecule has 0 bridgehead atoms. The number of hydrogen-bond acceptors (Lipinski definition) is 5. The topological polar surface area (TPSA) is 116 Å². The van der Waals surface area contributed by atoms with Gasteiger partial charge in [-0.15, -0.1) is 0 Å². The van der Waals surface area contributed by atoms with E-state index >= 15 is 0 Å². The lowest BCUT2D eigenvalue weighted by Gasteiger charge is -2.10. The van der Waals surface area contributed by atoms with Crippen molar-refractivity contribution >= 4 is 61.0 Å². The minimum atomic E-state index is -4.10. The molecule has 1 aromatic carbocycles. The standard InChI is InChI=1S/C11H11BrCl2N2O5S/c12-6-3-7(13)11(8(14)4-6)22(19,20)16-5-10(18)21-2-1-9(15)17/h3-4,16H,1-2,5H2,(H2,15,17). The zero-order chi connectivity index (χ0) is 16.9. The Morgan fingerprint density at radius 1 is 1.27 bits per heavy atom. The monoisotopic (exact) mass is 432 g/mol. The lowest BCUT2D eigenvalue weighted by Crippen LogP contribution is -2.31. The Hall–Kier alpha value is -0.870. The molecular weight excluding hydrogens is 423 g/mol. The molecule has 0 fully saturated rings. The van der Waals surface area contributed by atoms with Gasteiger partial charge in [0.05, 0.1) is 16.5 Å². The van der Waals surface area contributed by atoms with E-state index in [9.17, 15) is 18.0 Å².